The van der Waals surface area contributed by atoms with Crippen LogP contribution in [0.3, 0.4) is 0 Å². The summed E-state index contributed by atoms with van der Waals surface area (Å²) in [5.74, 6) is 1.30. The van der Waals surface area contributed by atoms with Gasteiger partial charge in [-0.05, 0) is 73.9 Å². The molecule has 11 nitrogen and oxygen atoms in total. The predicted molar refractivity (Wildman–Crippen MR) is 178 cm³/mol. The second kappa shape index (κ2) is 21.5. The fourth-order valence-corrected chi connectivity index (χ4v) is 5.83. The van der Waals surface area contributed by atoms with Gasteiger partial charge in [-0.1, -0.05) is 24.3 Å². The molecule has 2 aromatic rings. The van der Waals surface area contributed by atoms with Gasteiger partial charge in [0.15, 0.2) is 12.6 Å². The minimum Gasteiger partial charge on any atom is -0.497 e. The number of carbonyl (C=O) groups excluding carboxylic acids is 1. The van der Waals surface area contributed by atoms with Gasteiger partial charge in [-0.3, -0.25) is 4.79 Å². The first-order valence-electron chi connectivity index (χ1n) is 17.2. The highest BCUT2D eigenvalue weighted by Gasteiger charge is 2.27. The maximum absolute atomic E-state index is 13.0. The van der Waals surface area contributed by atoms with Gasteiger partial charge in [0.1, 0.15) is 17.3 Å². The van der Waals surface area contributed by atoms with E-state index in [0.29, 0.717) is 26.4 Å². The van der Waals surface area contributed by atoms with E-state index in [9.17, 15) is 15.0 Å². The zero-order valence-corrected chi connectivity index (χ0v) is 28.5. The molecule has 6 atom stereocenters. The summed E-state index contributed by atoms with van der Waals surface area (Å²) in [4.78, 5) is 13.0. The summed E-state index contributed by atoms with van der Waals surface area (Å²) in [6, 6.07) is 15.2. The van der Waals surface area contributed by atoms with Gasteiger partial charge in [0, 0.05) is 38.9 Å². The van der Waals surface area contributed by atoms with Crippen LogP contribution in [-0.2, 0) is 46.4 Å². The van der Waals surface area contributed by atoms with Crippen molar-refractivity contribution in [3.05, 3.63) is 59.7 Å². The highest BCUT2D eigenvalue weighted by molar-refractivity contribution is 5.79. The van der Waals surface area contributed by atoms with Crippen molar-refractivity contribution in [1.82, 2.24) is 0 Å². The Morgan fingerprint density at radius 3 is 1.46 bits per heavy atom. The first-order valence-corrected chi connectivity index (χ1v) is 17.2. The maximum atomic E-state index is 13.0. The van der Waals surface area contributed by atoms with Gasteiger partial charge in [-0.2, -0.15) is 0 Å². The summed E-state index contributed by atoms with van der Waals surface area (Å²) in [7, 11) is 3.25. The summed E-state index contributed by atoms with van der Waals surface area (Å²) in [6.07, 6.45) is 2.16. The minimum absolute atomic E-state index is 0.105. The molecule has 11 heteroatoms. The van der Waals surface area contributed by atoms with Crippen molar-refractivity contribution in [3.63, 3.8) is 0 Å². The van der Waals surface area contributed by atoms with E-state index in [1.54, 1.807) is 14.2 Å². The highest BCUT2D eigenvalue weighted by atomic mass is 16.7. The Balaban J connectivity index is 1.24. The van der Waals surface area contributed by atoms with E-state index in [-0.39, 0.29) is 57.3 Å². The van der Waals surface area contributed by atoms with E-state index in [1.165, 1.54) is 0 Å². The van der Waals surface area contributed by atoms with Crippen LogP contribution in [0, 0.1) is 0 Å². The minimum atomic E-state index is -0.960. The standard InChI is InChI=1S/C37H54O11/c1-41-32-13-9-27(10-14-32)23-43-25-34(47-36-7-3-5-17-45-36)21-30(39)19-29(38)20-31(40)22-35(48-37-8-4-6-18-46-37)26-44-24-28-11-15-33(42-2)16-12-28/h9-16,30-31,34-37,39-40H,3-8,17-26H2,1-2H3/t30-,31-,34-,35-,36?,37?/m1/s1. The summed E-state index contributed by atoms with van der Waals surface area (Å²) in [6.45, 7) is 2.47. The Labute approximate surface area is 284 Å². The number of aliphatic hydroxyl groups excluding tert-OH is 2. The van der Waals surface area contributed by atoms with Gasteiger partial charge >= 0.3 is 0 Å². The molecule has 2 saturated heterocycles. The van der Waals surface area contributed by atoms with Crippen LogP contribution in [0.2, 0.25) is 0 Å². The normalized spacial score (nSPS) is 20.8. The second-order valence-corrected chi connectivity index (χ2v) is 12.6. The predicted octanol–water partition coefficient (Wildman–Crippen LogP) is 5.11. The summed E-state index contributed by atoms with van der Waals surface area (Å²) in [5, 5.41) is 21.8. The van der Waals surface area contributed by atoms with Crippen molar-refractivity contribution in [1.29, 1.82) is 0 Å². The quantitative estimate of drug-likeness (QED) is 0.173. The number of aliphatic hydroxyl groups is 2. The summed E-state index contributed by atoms with van der Waals surface area (Å²) in [5.41, 5.74) is 1.97. The van der Waals surface area contributed by atoms with Crippen molar-refractivity contribution >= 4 is 5.78 Å². The molecule has 4 rings (SSSR count). The molecule has 2 aliphatic rings. The Morgan fingerprint density at radius 1 is 0.688 bits per heavy atom. The van der Waals surface area contributed by atoms with Crippen LogP contribution in [0.5, 0.6) is 11.5 Å². The number of Topliss-reactive ketones (excluding diaryl/α,β-unsaturated/α-hetero) is 1. The van der Waals surface area contributed by atoms with Crippen LogP contribution in [0.25, 0.3) is 0 Å². The third-order valence-corrected chi connectivity index (χ3v) is 8.42. The van der Waals surface area contributed by atoms with Crippen LogP contribution in [0.1, 0.15) is 75.3 Å². The van der Waals surface area contributed by atoms with Gasteiger partial charge in [0.2, 0.25) is 0 Å². The lowest BCUT2D eigenvalue weighted by molar-refractivity contribution is -0.204. The molecule has 2 N–H and O–H groups in total. The fraction of sp³-hybridized carbons (Fsp3) is 0.649. The molecule has 2 aliphatic heterocycles. The molecule has 0 aromatic heterocycles. The van der Waals surface area contributed by atoms with Crippen LogP contribution in [0.15, 0.2) is 48.5 Å². The van der Waals surface area contributed by atoms with E-state index < -0.39 is 24.4 Å². The molecule has 0 saturated carbocycles. The first-order chi connectivity index (χ1) is 23.4. The molecule has 0 amide bonds. The molecule has 48 heavy (non-hydrogen) atoms. The smallest absolute Gasteiger partial charge is 0.158 e. The van der Waals surface area contributed by atoms with Crippen molar-refractivity contribution in [2.45, 2.75) is 114 Å². The topological polar surface area (TPSA) is 131 Å². The van der Waals surface area contributed by atoms with Crippen LogP contribution < -0.4 is 9.47 Å². The average molecular weight is 675 g/mol. The van der Waals surface area contributed by atoms with Crippen molar-refractivity contribution in [2.75, 3.05) is 40.6 Å². The number of hydrogen-bond acceptors (Lipinski definition) is 11. The van der Waals surface area contributed by atoms with Crippen molar-refractivity contribution in [2.24, 2.45) is 0 Å². The third-order valence-electron chi connectivity index (χ3n) is 8.42. The highest BCUT2D eigenvalue weighted by Crippen LogP contribution is 2.22. The molecule has 268 valence electrons. The molecule has 2 aromatic carbocycles. The molecule has 2 fully saturated rings. The Kier molecular flexibility index (Phi) is 17.1. The molecule has 0 radical (unpaired) electrons. The molecular weight excluding hydrogens is 620 g/mol. The van der Waals surface area contributed by atoms with Gasteiger partial charge in [-0.25, -0.2) is 0 Å². The fourth-order valence-electron chi connectivity index (χ4n) is 5.83. The molecular formula is C37H54O11. The number of benzene rings is 2. The van der Waals surface area contributed by atoms with Gasteiger partial charge < -0.3 is 48.1 Å². The Bertz CT molecular complexity index is 1060. The molecule has 2 heterocycles. The van der Waals surface area contributed by atoms with Crippen LogP contribution in [0.4, 0.5) is 0 Å². The molecule has 0 spiro atoms. The van der Waals surface area contributed by atoms with Crippen LogP contribution >= 0.6 is 0 Å². The second-order valence-electron chi connectivity index (χ2n) is 12.6. The zero-order valence-electron chi connectivity index (χ0n) is 28.5. The summed E-state index contributed by atoms with van der Waals surface area (Å²) >= 11 is 0. The molecule has 2 unspecified atom stereocenters. The Hall–Kier alpha value is -2.61. The average Bonchev–Trinajstić information content (AvgIpc) is 3.09. The van der Waals surface area contributed by atoms with Crippen LogP contribution in [-0.4, -0.2) is 93.6 Å². The van der Waals surface area contributed by atoms with Gasteiger partial charge in [0.05, 0.1) is 65.1 Å². The first kappa shape index (κ1) is 38.2. The van der Waals surface area contributed by atoms with Gasteiger partial charge in [0.25, 0.3) is 0 Å². The monoisotopic (exact) mass is 674 g/mol. The molecule has 0 aliphatic carbocycles. The van der Waals surface area contributed by atoms with Crippen molar-refractivity contribution in [3.8, 4) is 11.5 Å². The van der Waals surface area contributed by atoms with Crippen molar-refractivity contribution < 1.29 is 52.9 Å². The van der Waals surface area contributed by atoms with E-state index in [0.717, 1.165) is 61.2 Å². The number of hydrogen-bond donors (Lipinski definition) is 2. The summed E-state index contributed by atoms with van der Waals surface area (Å²) < 4.78 is 46.2. The maximum Gasteiger partial charge on any atom is 0.158 e. The van der Waals surface area contributed by atoms with E-state index >= 15 is 0 Å². The number of methoxy groups -OCH3 is 2. The van der Waals surface area contributed by atoms with E-state index in [2.05, 4.69) is 0 Å². The lowest BCUT2D eigenvalue weighted by Crippen LogP contribution is -2.35. The zero-order chi connectivity index (χ0) is 34.0. The largest absolute Gasteiger partial charge is 0.497 e. The van der Waals surface area contributed by atoms with Gasteiger partial charge in [-0.15, -0.1) is 0 Å². The van der Waals surface area contributed by atoms with E-state index in [1.807, 2.05) is 48.5 Å². The number of carbonyl (C=O) groups is 1. The lowest BCUT2D eigenvalue weighted by Gasteiger charge is -2.29. The van der Waals surface area contributed by atoms with E-state index in [4.69, 9.17) is 37.9 Å². The third kappa shape index (κ3) is 14.5. The Morgan fingerprint density at radius 2 is 1.10 bits per heavy atom. The number of rotatable bonds is 22. The number of ether oxygens (including phenoxy) is 8. The molecule has 0 bridgehead atoms. The SMILES string of the molecule is COc1ccc(COC[C@@H](C[C@H](O)CC(=O)C[C@@H](O)C[C@H](COCc2ccc(OC)cc2)OC2CCCCO2)OC2CCCCO2)cc1. The lowest BCUT2D eigenvalue weighted by atomic mass is 10.00. The number of ketones is 1.